The molecular formula is C13H17N3O3. The molecule has 19 heavy (non-hydrogen) atoms. The van der Waals surface area contributed by atoms with Gasteiger partial charge >= 0.3 is 12.0 Å². The van der Waals surface area contributed by atoms with Crippen molar-refractivity contribution in [3.63, 3.8) is 0 Å². The van der Waals surface area contributed by atoms with E-state index < -0.39 is 5.97 Å². The van der Waals surface area contributed by atoms with Crippen molar-refractivity contribution < 1.29 is 14.7 Å². The summed E-state index contributed by atoms with van der Waals surface area (Å²) in [6.07, 6.45) is 3.56. The summed E-state index contributed by atoms with van der Waals surface area (Å²) in [6, 6.07) is 3.14. The van der Waals surface area contributed by atoms with Crippen molar-refractivity contribution in [1.29, 1.82) is 0 Å². The average Bonchev–Trinajstić information content (AvgIpc) is 3.22. The van der Waals surface area contributed by atoms with Gasteiger partial charge in [0.25, 0.3) is 0 Å². The Morgan fingerprint density at radius 1 is 1.53 bits per heavy atom. The van der Waals surface area contributed by atoms with E-state index in [-0.39, 0.29) is 18.1 Å². The van der Waals surface area contributed by atoms with Crippen molar-refractivity contribution in [2.75, 3.05) is 6.54 Å². The fraction of sp³-hybridized carbons (Fsp3) is 0.462. The third-order valence-electron chi connectivity index (χ3n) is 3.07. The maximum Gasteiger partial charge on any atom is 0.335 e. The van der Waals surface area contributed by atoms with Gasteiger partial charge in [0.15, 0.2) is 0 Å². The molecular weight excluding hydrogens is 246 g/mol. The van der Waals surface area contributed by atoms with E-state index in [4.69, 9.17) is 5.11 Å². The Morgan fingerprint density at radius 2 is 2.26 bits per heavy atom. The van der Waals surface area contributed by atoms with Gasteiger partial charge in [-0.25, -0.2) is 9.59 Å². The lowest BCUT2D eigenvalue weighted by atomic mass is 10.2. The summed E-state index contributed by atoms with van der Waals surface area (Å²) < 4.78 is 0. The second kappa shape index (κ2) is 5.69. The zero-order valence-corrected chi connectivity index (χ0v) is 10.8. The summed E-state index contributed by atoms with van der Waals surface area (Å²) >= 11 is 0. The van der Waals surface area contributed by atoms with Crippen molar-refractivity contribution in [3.8, 4) is 0 Å². The van der Waals surface area contributed by atoms with Crippen LogP contribution >= 0.6 is 0 Å². The van der Waals surface area contributed by atoms with Gasteiger partial charge in [-0.3, -0.25) is 4.98 Å². The topological polar surface area (TPSA) is 82.5 Å². The lowest BCUT2D eigenvalue weighted by molar-refractivity contribution is 0.0696. The van der Waals surface area contributed by atoms with Gasteiger partial charge in [0.05, 0.1) is 17.8 Å². The molecule has 1 aromatic heterocycles. The first kappa shape index (κ1) is 13.3. The number of hydrogen-bond acceptors (Lipinski definition) is 3. The number of carbonyl (C=O) groups is 2. The highest BCUT2D eigenvalue weighted by molar-refractivity contribution is 5.87. The van der Waals surface area contributed by atoms with Gasteiger partial charge in [0.2, 0.25) is 0 Å². The second-order valence-corrected chi connectivity index (χ2v) is 4.52. The third kappa shape index (κ3) is 3.43. The van der Waals surface area contributed by atoms with Crippen LogP contribution in [0, 0.1) is 0 Å². The number of carbonyl (C=O) groups excluding carboxylic acids is 1. The van der Waals surface area contributed by atoms with Gasteiger partial charge in [-0.1, -0.05) is 0 Å². The van der Waals surface area contributed by atoms with Gasteiger partial charge < -0.3 is 15.3 Å². The van der Waals surface area contributed by atoms with Gasteiger partial charge in [0.1, 0.15) is 0 Å². The SMILES string of the molecule is CCN(C(=O)NCc1cc(C(=O)O)ccn1)C1CC1. The van der Waals surface area contributed by atoms with E-state index in [2.05, 4.69) is 10.3 Å². The standard InChI is InChI=1S/C13H17N3O3/c1-2-16(11-3-4-11)13(19)15-8-10-7-9(12(17)18)5-6-14-10/h5-7,11H,2-4,8H2,1H3,(H,15,19)(H,17,18). The van der Waals surface area contributed by atoms with E-state index in [0.717, 1.165) is 12.8 Å². The maximum absolute atomic E-state index is 11.9. The van der Waals surface area contributed by atoms with Crippen LogP contribution in [0.4, 0.5) is 4.79 Å². The monoisotopic (exact) mass is 263 g/mol. The number of aromatic carboxylic acids is 1. The smallest absolute Gasteiger partial charge is 0.335 e. The minimum Gasteiger partial charge on any atom is -0.478 e. The zero-order chi connectivity index (χ0) is 13.8. The average molecular weight is 263 g/mol. The normalized spacial score (nSPS) is 13.9. The molecule has 0 aromatic carbocycles. The molecule has 0 spiro atoms. The summed E-state index contributed by atoms with van der Waals surface area (Å²) in [5.41, 5.74) is 0.717. The van der Waals surface area contributed by atoms with Crippen molar-refractivity contribution in [3.05, 3.63) is 29.6 Å². The summed E-state index contributed by atoms with van der Waals surface area (Å²) in [4.78, 5) is 28.6. The third-order valence-corrected chi connectivity index (χ3v) is 3.07. The molecule has 6 nitrogen and oxygen atoms in total. The zero-order valence-electron chi connectivity index (χ0n) is 10.8. The minimum absolute atomic E-state index is 0.118. The molecule has 2 N–H and O–H groups in total. The first-order valence-electron chi connectivity index (χ1n) is 6.34. The number of aromatic nitrogens is 1. The number of nitrogens with zero attached hydrogens (tertiary/aromatic N) is 2. The molecule has 2 amide bonds. The van der Waals surface area contributed by atoms with Gasteiger partial charge in [-0.15, -0.1) is 0 Å². The predicted octanol–water partition coefficient (Wildman–Crippen LogP) is 1.47. The van der Waals surface area contributed by atoms with Crippen LogP contribution < -0.4 is 5.32 Å². The Bertz CT molecular complexity index is 486. The molecule has 0 radical (unpaired) electrons. The quantitative estimate of drug-likeness (QED) is 0.842. The number of nitrogens with one attached hydrogen (secondary N) is 1. The van der Waals surface area contributed by atoms with Crippen molar-refractivity contribution in [2.24, 2.45) is 0 Å². The fourth-order valence-corrected chi connectivity index (χ4v) is 1.93. The van der Waals surface area contributed by atoms with Crippen LogP contribution in [0.25, 0.3) is 0 Å². The summed E-state index contributed by atoms with van der Waals surface area (Å²) in [5.74, 6) is -0.997. The van der Waals surface area contributed by atoms with E-state index >= 15 is 0 Å². The Hall–Kier alpha value is -2.11. The Balaban J connectivity index is 1.92. The molecule has 0 aliphatic heterocycles. The first-order chi connectivity index (χ1) is 9.11. The summed E-state index contributed by atoms with van der Waals surface area (Å²) in [7, 11) is 0. The Labute approximate surface area is 111 Å². The van der Waals surface area contributed by atoms with Crippen LogP contribution in [0.1, 0.15) is 35.8 Å². The molecule has 0 unspecified atom stereocenters. The molecule has 1 fully saturated rings. The fourth-order valence-electron chi connectivity index (χ4n) is 1.93. The molecule has 0 atom stereocenters. The van der Waals surface area contributed by atoms with Gasteiger partial charge in [-0.2, -0.15) is 0 Å². The number of carboxylic acid groups (broad SMARTS) is 1. The second-order valence-electron chi connectivity index (χ2n) is 4.52. The van der Waals surface area contributed by atoms with Crippen molar-refractivity contribution >= 4 is 12.0 Å². The first-order valence-corrected chi connectivity index (χ1v) is 6.34. The largest absolute Gasteiger partial charge is 0.478 e. The van der Waals surface area contributed by atoms with Crippen LogP contribution in [0.2, 0.25) is 0 Å². The number of carboxylic acids is 1. The number of amides is 2. The summed E-state index contributed by atoms with van der Waals surface area (Å²) in [5, 5.41) is 11.6. The number of rotatable bonds is 5. The van der Waals surface area contributed by atoms with E-state index in [1.807, 2.05) is 6.92 Å². The molecule has 2 rings (SSSR count). The Morgan fingerprint density at radius 3 is 2.84 bits per heavy atom. The highest BCUT2D eigenvalue weighted by Crippen LogP contribution is 2.26. The number of urea groups is 1. The van der Waals surface area contributed by atoms with E-state index in [1.54, 1.807) is 4.90 Å². The molecule has 0 saturated heterocycles. The van der Waals surface area contributed by atoms with Crippen LogP contribution in [0.15, 0.2) is 18.3 Å². The molecule has 1 heterocycles. The molecule has 102 valence electrons. The number of pyridine rings is 1. The molecule has 1 aliphatic carbocycles. The molecule has 6 heteroatoms. The van der Waals surface area contributed by atoms with E-state index in [9.17, 15) is 9.59 Å². The molecule has 1 aliphatic rings. The predicted molar refractivity (Wildman–Crippen MR) is 68.8 cm³/mol. The van der Waals surface area contributed by atoms with Crippen LogP contribution in [0.5, 0.6) is 0 Å². The highest BCUT2D eigenvalue weighted by atomic mass is 16.4. The van der Waals surface area contributed by atoms with Crippen molar-refractivity contribution in [2.45, 2.75) is 32.4 Å². The van der Waals surface area contributed by atoms with E-state index in [0.29, 0.717) is 18.3 Å². The molecule has 1 saturated carbocycles. The van der Waals surface area contributed by atoms with Crippen LogP contribution in [0.3, 0.4) is 0 Å². The highest BCUT2D eigenvalue weighted by Gasteiger charge is 2.31. The molecule has 1 aromatic rings. The van der Waals surface area contributed by atoms with Crippen molar-refractivity contribution in [1.82, 2.24) is 15.2 Å². The van der Waals surface area contributed by atoms with E-state index in [1.165, 1.54) is 18.3 Å². The van der Waals surface area contributed by atoms with Crippen LogP contribution in [-0.4, -0.2) is 39.6 Å². The minimum atomic E-state index is -0.997. The maximum atomic E-state index is 11.9. The molecule has 0 bridgehead atoms. The summed E-state index contributed by atoms with van der Waals surface area (Å²) in [6.45, 7) is 2.86. The van der Waals surface area contributed by atoms with Crippen LogP contribution in [-0.2, 0) is 6.54 Å². The Kier molecular flexibility index (Phi) is 3.99. The lowest BCUT2D eigenvalue weighted by Gasteiger charge is -2.20. The number of hydrogen-bond donors (Lipinski definition) is 2. The van der Waals surface area contributed by atoms with Gasteiger partial charge in [0, 0.05) is 18.8 Å². The van der Waals surface area contributed by atoms with Gasteiger partial charge in [-0.05, 0) is 31.9 Å². The lowest BCUT2D eigenvalue weighted by Crippen LogP contribution is -2.41.